The van der Waals surface area contributed by atoms with Gasteiger partial charge < -0.3 is 5.11 Å². The Hall–Kier alpha value is -1.25. The van der Waals surface area contributed by atoms with Crippen molar-refractivity contribution in [2.45, 2.75) is 42.1 Å². The van der Waals surface area contributed by atoms with E-state index in [0.29, 0.717) is 0 Å². The predicted molar refractivity (Wildman–Crippen MR) is 53.8 cm³/mol. The summed E-state index contributed by atoms with van der Waals surface area (Å²) in [5.41, 5.74) is 0. The molecule has 1 aromatic heterocycles. The van der Waals surface area contributed by atoms with Crippen molar-refractivity contribution >= 4 is 17.7 Å². The normalized spacial score (nSPS) is 17.5. The van der Waals surface area contributed by atoms with Gasteiger partial charge in [-0.25, -0.2) is 9.48 Å². The lowest BCUT2D eigenvalue weighted by Crippen LogP contribution is -2.24. The van der Waals surface area contributed by atoms with Crippen molar-refractivity contribution in [2.24, 2.45) is 0 Å². The first kappa shape index (κ1) is 12.2. The lowest BCUT2D eigenvalue weighted by atomic mass is 10.3. The number of carboxylic acids is 1. The summed E-state index contributed by atoms with van der Waals surface area (Å²) >= 11 is -0.132. The summed E-state index contributed by atoms with van der Waals surface area (Å²) in [6.45, 7) is 0. The van der Waals surface area contributed by atoms with Gasteiger partial charge in [0.15, 0.2) is 0 Å². The fraction of sp³-hybridized carbons (Fsp3) is 0.750. The first-order valence-electron chi connectivity index (χ1n) is 5.09. The van der Waals surface area contributed by atoms with E-state index < -0.39 is 11.2 Å². The van der Waals surface area contributed by atoms with Gasteiger partial charge in [-0.2, -0.15) is 8.78 Å². The second kappa shape index (κ2) is 4.55. The topological polar surface area (TPSA) is 80.9 Å². The van der Waals surface area contributed by atoms with Gasteiger partial charge in [0, 0.05) is 11.8 Å². The average molecular weight is 264 g/mol. The van der Waals surface area contributed by atoms with Crippen molar-refractivity contribution in [1.82, 2.24) is 20.2 Å². The summed E-state index contributed by atoms with van der Waals surface area (Å²) in [5, 5.41) is 14.7. The van der Waals surface area contributed by atoms with Crippen LogP contribution >= 0.6 is 11.8 Å². The maximum Gasteiger partial charge on any atom is 0.395 e. The number of aromatic nitrogens is 4. The lowest BCUT2D eigenvalue weighted by Gasteiger charge is -2.13. The number of rotatable bonds is 4. The van der Waals surface area contributed by atoms with Crippen LogP contribution in [0.1, 0.15) is 31.7 Å². The number of hydrogen-bond donors (Lipinski definition) is 1. The molecule has 1 heterocycles. The van der Waals surface area contributed by atoms with Crippen molar-refractivity contribution < 1.29 is 18.7 Å². The zero-order valence-electron chi connectivity index (χ0n) is 8.71. The molecule has 6 nitrogen and oxygen atoms in total. The first-order chi connectivity index (χ1) is 8.00. The first-order valence-corrected chi connectivity index (χ1v) is 5.90. The Bertz CT molecular complexity index is 419. The molecule has 0 radical (unpaired) electrons. The van der Waals surface area contributed by atoms with Crippen molar-refractivity contribution in [1.29, 1.82) is 0 Å². The molecule has 94 valence electrons. The Morgan fingerprint density at radius 3 is 2.71 bits per heavy atom. The van der Waals surface area contributed by atoms with Crippen LogP contribution in [-0.2, 0) is 4.79 Å². The minimum Gasteiger partial charge on any atom is -0.476 e. The minimum absolute atomic E-state index is 0.00269. The molecule has 1 fully saturated rings. The SMILES string of the molecule is O=C(O)C(F)(F)Sc1nnnn1C1CCCC1. The molecule has 1 aliphatic carbocycles. The summed E-state index contributed by atoms with van der Waals surface area (Å²) in [5.74, 6) is -2.19. The molecule has 1 saturated carbocycles. The van der Waals surface area contributed by atoms with E-state index in [1.807, 2.05) is 0 Å². The van der Waals surface area contributed by atoms with E-state index in [9.17, 15) is 13.6 Å². The van der Waals surface area contributed by atoms with Gasteiger partial charge >= 0.3 is 11.2 Å². The fourth-order valence-corrected chi connectivity index (χ4v) is 2.46. The monoisotopic (exact) mass is 264 g/mol. The summed E-state index contributed by atoms with van der Waals surface area (Å²) < 4.78 is 27.4. The largest absolute Gasteiger partial charge is 0.476 e. The maximum atomic E-state index is 13.0. The van der Waals surface area contributed by atoms with Gasteiger partial charge in [0.1, 0.15) is 0 Å². The lowest BCUT2D eigenvalue weighted by molar-refractivity contribution is -0.152. The highest BCUT2D eigenvalue weighted by atomic mass is 32.2. The van der Waals surface area contributed by atoms with E-state index >= 15 is 0 Å². The average Bonchev–Trinajstić information content (AvgIpc) is 2.85. The molecule has 2 rings (SSSR count). The highest BCUT2D eigenvalue weighted by molar-refractivity contribution is 8.00. The van der Waals surface area contributed by atoms with Crippen LogP contribution in [0.4, 0.5) is 8.78 Å². The number of thioether (sulfide) groups is 1. The van der Waals surface area contributed by atoms with E-state index in [-0.39, 0.29) is 23.0 Å². The number of nitrogens with zero attached hydrogens (tertiary/aromatic N) is 4. The van der Waals surface area contributed by atoms with Gasteiger partial charge in [-0.1, -0.05) is 12.8 Å². The Morgan fingerprint density at radius 2 is 2.12 bits per heavy atom. The molecule has 1 N–H and O–H groups in total. The molecule has 0 bridgehead atoms. The number of aliphatic carboxylic acids is 1. The van der Waals surface area contributed by atoms with Crippen molar-refractivity contribution in [3.8, 4) is 0 Å². The van der Waals surface area contributed by atoms with Gasteiger partial charge in [-0.3, -0.25) is 0 Å². The molecular weight excluding hydrogens is 254 g/mol. The molecule has 0 aliphatic heterocycles. The van der Waals surface area contributed by atoms with E-state index in [4.69, 9.17) is 5.11 Å². The Labute approximate surface area is 99.4 Å². The quantitative estimate of drug-likeness (QED) is 0.831. The molecule has 9 heteroatoms. The van der Waals surface area contributed by atoms with Crippen LogP contribution in [0.15, 0.2) is 5.16 Å². The number of halogens is 2. The van der Waals surface area contributed by atoms with Crippen molar-refractivity contribution in [3.63, 3.8) is 0 Å². The smallest absolute Gasteiger partial charge is 0.395 e. The number of tetrazole rings is 1. The summed E-state index contributed by atoms with van der Waals surface area (Å²) in [6.07, 6.45) is 3.67. The zero-order chi connectivity index (χ0) is 12.5. The molecule has 1 aromatic rings. The van der Waals surface area contributed by atoms with Crippen LogP contribution in [0.3, 0.4) is 0 Å². The molecule has 0 saturated heterocycles. The third-order valence-electron chi connectivity index (χ3n) is 2.60. The Balaban J connectivity index is 2.16. The van der Waals surface area contributed by atoms with Crippen molar-refractivity contribution in [3.05, 3.63) is 0 Å². The second-order valence-electron chi connectivity index (χ2n) is 3.77. The predicted octanol–water partition coefficient (Wildman–Crippen LogP) is 1.56. The van der Waals surface area contributed by atoms with E-state index in [1.165, 1.54) is 4.68 Å². The molecule has 0 aromatic carbocycles. The number of hydrogen-bond acceptors (Lipinski definition) is 5. The van der Waals surface area contributed by atoms with Gasteiger partial charge in [-0.05, 0) is 23.3 Å². The van der Waals surface area contributed by atoms with Crippen LogP contribution in [0.2, 0.25) is 0 Å². The maximum absolute atomic E-state index is 13.0. The number of carbonyl (C=O) groups is 1. The van der Waals surface area contributed by atoms with Gasteiger partial charge in [0.25, 0.3) is 0 Å². The molecule has 1 aliphatic rings. The standard InChI is InChI=1S/C8H10F2N4O2S/c9-8(10,6(15)16)17-7-11-12-13-14(7)5-3-1-2-4-5/h5H,1-4H2,(H,15,16). The fourth-order valence-electron chi connectivity index (χ4n) is 1.79. The van der Waals surface area contributed by atoms with Crippen LogP contribution in [-0.4, -0.2) is 36.5 Å². The van der Waals surface area contributed by atoms with E-state index in [1.54, 1.807) is 0 Å². The van der Waals surface area contributed by atoms with Crippen molar-refractivity contribution in [2.75, 3.05) is 0 Å². The summed E-state index contributed by atoms with van der Waals surface area (Å²) in [4.78, 5) is 10.3. The van der Waals surface area contributed by atoms with Gasteiger partial charge in [0.2, 0.25) is 5.16 Å². The third-order valence-corrected chi connectivity index (χ3v) is 3.48. The number of alkyl halides is 2. The summed E-state index contributed by atoms with van der Waals surface area (Å²) in [6, 6.07) is -0.00269. The molecule has 17 heavy (non-hydrogen) atoms. The molecule has 0 atom stereocenters. The zero-order valence-corrected chi connectivity index (χ0v) is 9.53. The molecule has 0 amide bonds. The molecule has 0 spiro atoms. The van der Waals surface area contributed by atoms with E-state index in [0.717, 1.165) is 25.7 Å². The van der Waals surface area contributed by atoms with Gasteiger partial charge in [-0.15, -0.1) is 5.10 Å². The van der Waals surface area contributed by atoms with Crippen LogP contribution in [0.5, 0.6) is 0 Å². The summed E-state index contributed by atoms with van der Waals surface area (Å²) in [7, 11) is 0. The second-order valence-corrected chi connectivity index (χ2v) is 4.85. The Kier molecular flexibility index (Phi) is 3.27. The van der Waals surface area contributed by atoms with Gasteiger partial charge in [0.05, 0.1) is 6.04 Å². The minimum atomic E-state index is -3.91. The highest BCUT2D eigenvalue weighted by Crippen LogP contribution is 2.37. The third kappa shape index (κ3) is 2.54. The highest BCUT2D eigenvalue weighted by Gasteiger charge is 2.42. The Morgan fingerprint density at radius 1 is 1.47 bits per heavy atom. The van der Waals surface area contributed by atoms with Crippen LogP contribution < -0.4 is 0 Å². The van der Waals surface area contributed by atoms with Crippen LogP contribution in [0.25, 0.3) is 0 Å². The van der Waals surface area contributed by atoms with Crippen LogP contribution in [0, 0.1) is 0 Å². The van der Waals surface area contributed by atoms with E-state index in [2.05, 4.69) is 15.5 Å². The number of carboxylic acid groups (broad SMARTS) is 1. The molecular formula is C8H10F2N4O2S. The molecule has 0 unspecified atom stereocenters.